The van der Waals surface area contributed by atoms with Gasteiger partial charge in [-0.1, -0.05) is 18.2 Å². The molecule has 7 nitrogen and oxygen atoms in total. The van der Waals surface area contributed by atoms with Crippen molar-refractivity contribution in [2.24, 2.45) is 5.92 Å². The SMILES string of the molecule is COCCOC1CCC([C@@H](C)n2c(C)c(C(=O)NCc3c(SC)cc(C)[nH]c3=O)c3ccccc32)CC1. The number of rotatable bonds is 10. The second-order valence-corrected chi connectivity index (χ2v) is 10.8. The van der Waals surface area contributed by atoms with Crippen LogP contribution in [-0.4, -0.2) is 48.1 Å². The second kappa shape index (κ2) is 12.3. The lowest BCUT2D eigenvalue weighted by molar-refractivity contribution is -0.0109. The van der Waals surface area contributed by atoms with Crippen LogP contribution in [0.1, 0.15) is 66.0 Å². The first-order chi connectivity index (χ1) is 17.8. The number of aromatic amines is 1. The van der Waals surface area contributed by atoms with Gasteiger partial charge in [-0.25, -0.2) is 0 Å². The number of carbonyl (C=O) groups is 1. The number of fused-ring (bicyclic) bond motifs is 1. The Hall–Kier alpha value is -2.55. The van der Waals surface area contributed by atoms with Crippen molar-refractivity contribution in [1.29, 1.82) is 0 Å². The number of pyridine rings is 1. The molecule has 1 aromatic carbocycles. The molecule has 0 radical (unpaired) electrons. The van der Waals surface area contributed by atoms with Crippen LogP contribution in [0, 0.1) is 19.8 Å². The standard InChI is InChI=1S/C29H39N3O4S/c1-18-16-26(37-5)24(28(33)31-18)17-30-29(34)27-20(3)32(25-9-7-6-8-23(25)27)19(2)21-10-12-22(13-11-21)36-15-14-35-4/h6-9,16,19,21-22H,10-15,17H2,1-5H3,(H,30,34)(H,31,33)/t19-,21?,22?/m1/s1. The highest BCUT2D eigenvalue weighted by Gasteiger charge is 2.30. The molecule has 1 aliphatic carbocycles. The number of nitrogens with one attached hydrogen (secondary N) is 2. The number of amides is 1. The van der Waals surface area contributed by atoms with Crippen LogP contribution in [0.4, 0.5) is 0 Å². The molecule has 0 unspecified atom stereocenters. The van der Waals surface area contributed by atoms with Crippen molar-refractivity contribution < 1.29 is 14.3 Å². The third-order valence-corrected chi connectivity index (χ3v) is 8.51. The van der Waals surface area contributed by atoms with E-state index >= 15 is 0 Å². The van der Waals surface area contributed by atoms with Gasteiger partial charge in [0.2, 0.25) is 0 Å². The third-order valence-electron chi connectivity index (χ3n) is 7.71. The average molecular weight is 526 g/mol. The number of carbonyl (C=O) groups excluding carboxylic acids is 1. The van der Waals surface area contributed by atoms with Crippen LogP contribution in [0.25, 0.3) is 10.9 Å². The maximum atomic E-state index is 13.5. The van der Waals surface area contributed by atoms with Crippen LogP contribution in [0.3, 0.4) is 0 Å². The Morgan fingerprint density at radius 1 is 1.19 bits per heavy atom. The molecule has 8 heteroatoms. The monoisotopic (exact) mass is 525 g/mol. The maximum Gasteiger partial charge on any atom is 0.254 e. The Bertz CT molecular complexity index is 1290. The number of aromatic nitrogens is 2. The van der Waals surface area contributed by atoms with E-state index in [1.807, 2.05) is 44.4 Å². The Balaban J connectivity index is 1.55. The zero-order chi connectivity index (χ0) is 26.5. The average Bonchev–Trinajstić information content (AvgIpc) is 3.19. The fourth-order valence-electron chi connectivity index (χ4n) is 5.74. The molecule has 37 heavy (non-hydrogen) atoms. The van der Waals surface area contributed by atoms with Crippen LogP contribution < -0.4 is 10.9 Å². The van der Waals surface area contributed by atoms with Crippen LogP contribution in [0.5, 0.6) is 0 Å². The second-order valence-electron chi connectivity index (χ2n) is 10.00. The highest BCUT2D eigenvalue weighted by Crippen LogP contribution is 2.38. The van der Waals surface area contributed by atoms with E-state index in [-0.39, 0.29) is 24.1 Å². The highest BCUT2D eigenvalue weighted by atomic mass is 32.2. The lowest BCUT2D eigenvalue weighted by Gasteiger charge is -2.34. The lowest BCUT2D eigenvalue weighted by atomic mass is 9.83. The third kappa shape index (κ3) is 5.97. The molecule has 1 aliphatic rings. The minimum atomic E-state index is -0.153. The summed E-state index contributed by atoms with van der Waals surface area (Å²) < 4.78 is 13.4. The molecule has 200 valence electrons. The molecule has 1 saturated carbocycles. The molecule has 0 saturated heterocycles. The van der Waals surface area contributed by atoms with Gasteiger partial charge < -0.3 is 24.3 Å². The van der Waals surface area contributed by atoms with Crippen molar-refractivity contribution in [3.05, 3.63) is 63.2 Å². The number of methoxy groups -OCH3 is 1. The lowest BCUT2D eigenvalue weighted by Crippen LogP contribution is -2.29. The highest BCUT2D eigenvalue weighted by molar-refractivity contribution is 7.98. The van der Waals surface area contributed by atoms with Crippen LogP contribution in [0.15, 0.2) is 40.0 Å². The molecule has 1 atom stereocenters. The number of nitrogens with zero attached hydrogens (tertiary/aromatic N) is 1. The predicted octanol–water partition coefficient (Wildman–Crippen LogP) is 5.38. The summed E-state index contributed by atoms with van der Waals surface area (Å²) in [7, 11) is 1.70. The van der Waals surface area contributed by atoms with Crippen LogP contribution >= 0.6 is 11.8 Å². The van der Waals surface area contributed by atoms with E-state index in [0.29, 0.717) is 36.4 Å². The van der Waals surface area contributed by atoms with E-state index in [0.717, 1.165) is 52.9 Å². The van der Waals surface area contributed by atoms with E-state index in [1.165, 1.54) is 11.8 Å². The summed E-state index contributed by atoms with van der Waals surface area (Å²) in [5.41, 5.74) is 3.98. The predicted molar refractivity (Wildman–Crippen MR) is 150 cm³/mol. The number of thioether (sulfide) groups is 1. The summed E-state index contributed by atoms with van der Waals surface area (Å²) in [6, 6.07) is 10.3. The Morgan fingerprint density at radius 2 is 1.92 bits per heavy atom. The Kier molecular flexibility index (Phi) is 9.16. The molecule has 0 spiro atoms. The van der Waals surface area contributed by atoms with E-state index in [2.05, 4.69) is 27.9 Å². The number of hydrogen-bond donors (Lipinski definition) is 2. The van der Waals surface area contributed by atoms with Crippen molar-refractivity contribution >= 4 is 28.6 Å². The first-order valence-electron chi connectivity index (χ1n) is 13.1. The maximum absolute atomic E-state index is 13.5. The number of hydrogen-bond acceptors (Lipinski definition) is 5. The van der Waals surface area contributed by atoms with Gasteiger partial charge in [0.05, 0.1) is 24.9 Å². The van der Waals surface area contributed by atoms with Gasteiger partial charge in [0, 0.05) is 52.4 Å². The largest absolute Gasteiger partial charge is 0.382 e. The summed E-state index contributed by atoms with van der Waals surface area (Å²) in [6.07, 6.45) is 6.54. The van der Waals surface area contributed by atoms with Crippen molar-refractivity contribution in [2.75, 3.05) is 26.6 Å². The summed E-state index contributed by atoms with van der Waals surface area (Å²) >= 11 is 1.52. The first kappa shape index (κ1) is 27.5. The number of ether oxygens (including phenoxy) is 2. The topological polar surface area (TPSA) is 85.3 Å². The van der Waals surface area contributed by atoms with E-state index in [1.54, 1.807) is 7.11 Å². The summed E-state index contributed by atoms with van der Waals surface area (Å²) in [5, 5.41) is 3.98. The quantitative estimate of drug-likeness (QED) is 0.274. The smallest absolute Gasteiger partial charge is 0.254 e. The molecule has 1 amide bonds. The molecule has 1 fully saturated rings. The Morgan fingerprint density at radius 3 is 2.62 bits per heavy atom. The molecule has 0 bridgehead atoms. The van der Waals surface area contributed by atoms with Gasteiger partial charge in [0.1, 0.15) is 0 Å². The zero-order valence-electron chi connectivity index (χ0n) is 22.6. The molecule has 3 aromatic rings. The van der Waals surface area contributed by atoms with Gasteiger partial charge in [0.25, 0.3) is 11.5 Å². The molecular formula is C29H39N3O4S. The van der Waals surface area contributed by atoms with Gasteiger partial charge in [-0.2, -0.15) is 0 Å². The number of para-hydroxylation sites is 1. The number of aryl methyl sites for hydroxylation is 1. The fraction of sp³-hybridized carbons (Fsp3) is 0.517. The van der Waals surface area contributed by atoms with Crippen LogP contribution in [0.2, 0.25) is 0 Å². The molecular weight excluding hydrogens is 486 g/mol. The Labute approximate surface area is 223 Å². The molecule has 2 aromatic heterocycles. The first-order valence-corrected chi connectivity index (χ1v) is 14.3. The molecule has 0 aliphatic heterocycles. The summed E-state index contributed by atoms with van der Waals surface area (Å²) in [5.74, 6) is 0.366. The van der Waals surface area contributed by atoms with Crippen molar-refractivity contribution in [3.8, 4) is 0 Å². The van der Waals surface area contributed by atoms with Gasteiger partial charge in [-0.15, -0.1) is 11.8 Å². The molecule has 2 N–H and O–H groups in total. The minimum absolute atomic E-state index is 0.151. The van der Waals surface area contributed by atoms with E-state index in [9.17, 15) is 9.59 Å². The minimum Gasteiger partial charge on any atom is -0.382 e. The summed E-state index contributed by atoms with van der Waals surface area (Å²) in [4.78, 5) is 29.9. The molecule has 2 heterocycles. The van der Waals surface area contributed by atoms with Gasteiger partial charge >= 0.3 is 0 Å². The van der Waals surface area contributed by atoms with E-state index in [4.69, 9.17) is 9.47 Å². The van der Waals surface area contributed by atoms with Crippen LogP contribution in [-0.2, 0) is 16.0 Å². The van der Waals surface area contributed by atoms with Crippen molar-refractivity contribution in [2.45, 2.75) is 70.0 Å². The molecule has 4 rings (SSSR count). The summed E-state index contributed by atoms with van der Waals surface area (Å²) in [6.45, 7) is 7.64. The fourth-order valence-corrected chi connectivity index (χ4v) is 6.45. The van der Waals surface area contributed by atoms with E-state index < -0.39 is 0 Å². The number of benzene rings is 1. The van der Waals surface area contributed by atoms with Gasteiger partial charge in [0.15, 0.2) is 0 Å². The number of H-pyrrole nitrogens is 1. The van der Waals surface area contributed by atoms with Gasteiger partial charge in [-0.05, 0) is 70.8 Å². The van der Waals surface area contributed by atoms with Gasteiger partial charge in [-0.3, -0.25) is 9.59 Å². The van der Waals surface area contributed by atoms with Crippen molar-refractivity contribution in [1.82, 2.24) is 14.9 Å². The normalized spacial score (nSPS) is 18.7. The van der Waals surface area contributed by atoms with Crippen molar-refractivity contribution in [3.63, 3.8) is 0 Å². The zero-order valence-corrected chi connectivity index (χ0v) is 23.4.